The Bertz CT molecular complexity index is 1640. The fourth-order valence-electron chi connectivity index (χ4n) is 5.26. The number of nitrogens with zero attached hydrogens (tertiary/aromatic N) is 3. The molecule has 0 atom stereocenters. The van der Waals surface area contributed by atoms with Gasteiger partial charge in [0.2, 0.25) is 0 Å². The van der Waals surface area contributed by atoms with Crippen LogP contribution in [0.5, 0.6) is 0 Å². The van der Waals surface area contributed by atoms with Gasteiger partial charge in [-0.1, -0.05) is 31.4 Å². The van der Waals surface area contributed by atoms with Crippen LogP contribution in [0.2, 0.25) is 0 Å². The summed E-state index contributed by atoms with van der Waals surface area (Å²) in [6.45, 7) is 0. The Labute approximate surface area is 216 Å². The average molecular weight is 541 g/mol. The molecule has 2 heterocycles. The highest BCUT2D eigenvalue weighted by molar-refractivity contribution is 9.10. The summed E-state index contributed by atoms with van der Waals surface area (Å²) in [6.07, 6.45) is 5.87. The van der Waals surface area contributed by atoms with Crippen molar-refractivity contribution in [3.05, 3.63) is 76.8 Å². The van der Waals surface area contributed by atoms with E-state index in [-0.39, 0.29) is 5.56 Å². The van der Waals surface area contributed by atoms with Gasteiger partial charge in [0, 0.05) is 32.7 Å². The third kappa shape index (κ3) is 4.03. The number of anilines is 1. The Morgan fingerprint density at radius 2 is 1.69 bits per heavy atom. The summed E-state index contributed by atoms with van der Waals surface area (Å²) in [6, 6.07) is 21.8. The molecule has 7 heteroatoms. The van der Waals surface area contributed by atoms with Crippen molar-refractivity contribution in [1.82, 2.24) is 14.5 Å². The fraction of sp³-hybridized carbons (Fsp3) is 0.207. The van der Waals surface area contributed by atoms with Crippen molar-refractivity contribution in [2.45, 2.75) is 38.1 Å². The largest absolute Gasteiger partial charge is 0.478 e. The number of aromatic carboxylic acids is 1. The molecule has 6 nitrogen and oxygen atoms in total. The number of fused-ring (bicyclic) bond motifs is 2. The van der Waals surface area contributed by atoms with Gasteiger partial charge in [0.1, 0.15) is 5.82 Å². The van der Waals surface area contributed by atoms with E-state index in [0.717, 1.165) is 61.9 Å². The third-order valence-corrected chi connectivity index (χ3v) is 7.81. The topological polar surface area (TPSA) is 94.0 Å². The van der Waals surface area contributed by atoms with Gasteiger partial charge in [-0.05, 0) is 83.4 Å². The monoisotopic (exact) mass is 540 g/mol. The number of rotatable bonds is 4. The lowest BCUT2D eigenvalue weighted by Gasteiger charge is -2.25. The Morgan fingerprint density at radius 1 is 0.889 bits per heavy atom. The molecule has 1 aliphatic rings. The molecule has 0 unspecified atom stereocenters. The molecular weight excluding hydrogens is 516 g/mol. The summed E-state index contributed by atoms with van der Waals surface area (Å²) in [4.78, 5) is 21.4. The highest BCUT2D eigenvalue weighted by atomic mass is 79.9. The predicted octanol–water partition coefficient (Wildman–Crippen LogP) is 7.47. The van der Waals surface area contributed by atoms with Crippen molar-refractivity contribution in [3.8, 4) is 22.6 Å². The molecule has 0 aliphatic heterocycles. The molecule has 3 N–H and O–H groups in total. The maximum Gasteiger partial charge on any atom is 0.335 e. The van der Waals surface area contributed by atoms with E-state index in [1.165, 1.54) is 19.3 Å². The number of imidazole rings is 1. The zero-order valence-electron chi connectivity index (χ0n) is 19.6. The van der Waals surface area contributed by atoms with Gasteiger partial charge in [0.05, 0.1) is 27.8 Å². The van der Waals surface area contributed by atoms with Crippen LogP contribution in [0.4, 0.5) is 5.69 Å². The summed E-state index contributed by atoms with van der Waals surface area (Å²) >= 11 is 3.50. The maximum absolute atomic E-state index is 11.6. The summed E-state index contributed by atoms with van der Waals surface area (Å²) in [5.41, 5.74) is 12.4. The van der Waals surface area contributed by atoms with E-state index in [9.17, 15) is 9.90 Å². The van der Waals surface area contributed by atoms with Gasteiger partial charge in [-0.15, -0.1) is 0 Å². The second kappa shape index (κ2) is 9.06. The summed E-state index contributed by atoms with van der Waals surface area (Å²) in [5, 5.41) is 10.5. The number of carboxylic acids is 1. The number of nitrogens with two attached hydrogens (primary N) is 1. The first kappa shape index (κ1) is 22.7. The standard InChI is InChI=1S/C29H25BrN4O2/c30-22-15-18(6-10-23(22)31)25-11-7-17-14-19(8-12-24(17)32-25)28-33-26-16-20(29(35)36)9-13-27(26)34(28)21-4-2-1-3-5-21/h6-16,21H,1-5,31H2,(H,35,36). The molecule has 3 aromatic carbocycles. The number of pyridine rings is 1. The molecule has 0 spiro atoms. The first-order chi connectivity index (χ1) is 17.5. The van der Waals surface area contributed by atoms with E-state index < -0.39 is 5.97 Å². The van der Waals surface area contributed by atoms with Crippen LogP contribution in [-0.2, 0) is 0 Å². The van der Waals surface area contributed by atoms with E-state index in [4.69, 9.17) is 15.7 Å². The number of carbonyl (C=O) groups is 1. The van der Waals surface area contributed by atoms with E-state index >= 15 is 0 Å². The van der Waals surface area contributed by atoms with Crippen molar-refractivity contribution >= 4 is 49.5 Å². The van der Waals surface area contributed by atoms with Crippen LogP contribution in [0.25, 0.3) is 44.6 Å². The fourth-order valence-corrected chi connectivity index (χ4v) is 5.63. The highest BCUT2D eigenvalue weighted by Crippen LogP contribution is 2.37. The molecule has 5 aromatic rings. The number of carboxylic acid groups (broad SMARTS) is 1. The van der Waals surface area contributed by atoms with Crippen molar-refractivity contribution in [1.29, 1.82) is 0 Å². The van der Waals surface area contributed by atoms with Crippen LogP contribution in [0.1, 0.15) is 48.5 Å². The van der Waals surface area contributed by atoms with E-state index in [1.54, 1.807) is 12.1 Å². The van der Waals surface area contributed by atoms with Crippen molar-refractivity contribution in [2.24, 2.45) is 0 Å². The number of aromatic nitrogens is 3. The van der Waals surface area contributed by atoms with Crippen molar-refractivity contribution in [3.63, 3.8) is 0 Å². The molecular formula is C29H25BrN4O2. The number of hydrogen-bond acceptors (Lipinski definition) is 4. The zero-order chi connectivity index (χ0) is 24.8. The van der Waals surface area contributed by atoms with Crippen LogP contribution in [-0.4, -0.2) is 25.6 Å². The Balaban J connectivity index is 1.46. The average Bonchev–Trinajstić information content (AvgIpc) is 3.29. The zero-order valence-corrected chi connectivity index (χ0v) is 21.2. The molecule has 0 radical (unpaired) electrons. The first-order valence-corrected chi connectivity index (χ1v) is 13.0. The van der Waals surface area contributed by atoms with Gasteiger partial charge in [-0.2, -0.15) is 0 Å². The Hall–Kier alpha value is -3.71. The predicted molar refractivity (Wildman–Crippen MR) is 147 cm³/mol. The molecule has 1 aliphatic carbocycles. The van der Waals surface area contributed by atoms with Crippen molar-refractivity contribution in [2.75, 3.05) is 5.73 Å². The van der Waals surface area contributed by atoms with Crippen LogP contribution in [0, 0.1) is 0 Å². The minimum Gasteiger partial charge on any atom is -0.478 e. The van der Waals surface area contributed by atoms with Gasteiger partial charge in [-0.3, -0.25) is 0 Å². The molecule has 0 saturated heterocycles. The maximum atomic E-state index is 11.6. The Morgan fingerprint density at radius 3 is 2.47 bits per heavy atom. The number of hydrogen-bond donors (Lipinski definition) is 2. The Kier molecular flexibility index (Phi) is 5.72. The SMILES string of the molecule is Nc1ccc(-c2ccc3cc(-c4nc5cc(C(=O)O)ccc5n4C4CCCCC4)ccc3n2)cc1Br. The molecule has 180 valence electrons. The molecule has 0 amide bonds. The van der Waals surface area contributed by atoms with Gasteiger partial charge in [-0.25, -0.2) is 14.8 Å². The second-order valence-corrected chi connectivity index (χ2v) is 10.3. The molecule has 1 fully saturated rings. The quantitative estimate of drug-likeness (QED) is 0.230. The van der Waals surface area contributed by atoms with Gasteiger partial charge in [0.15, 0.2) is 0 Å². The number of benzene rings is 3. The smallest absolute Gasteiger partial charge is 0.335 e. The van der Waals surface area contributed by atoms with Crippen LogP contribution in [0.3, 0.4) is 0 Å². The summed E-state index contributed by atoms with van der Waals surface area (Å²) < 4.78 is 3.18. The van der Waals surface area contributed by atoms with Crippen LogP contribution >= 0.6 is 15.9 Å². The van der Waals surface area contributed by atoms with Gasteiger partial charge >= 0.3 is 5.97 Å². The normalized spacial score (nSPS) is 14.5. The minimum absolute atomic E-state index is 0.256. The van der Waals surface area contributed by atoms with Crippen molar-refractivity contribution < 1.29 is 9.90 Å². The lowest BCUT2D eigenvalue weighted by Crippen LogP contribution is -2.14. The van der Waals surface area contributed by atoms with E-state index in [0.29, 0.717) is 11.7 Å². The van der Waals surface area contributed by atoms with Crippen LogP contribution < -0.4 is 5.73 Å². The first-order valence-electron chi connectivity index (χ1n) is 12.2. The molecule has 36 heavy (non-hydrogen) atoms. The lowest BCUT2D eigenvalue weighted by atomic mass is 9.94. The number of halogens is 1. The second-order valence-electron chi connectivity index (χ2n) is 9.45. The van der Waals surface area contributed by atoms with E-state index in [2.05, 4.69) is 38.7 Å². The summed E-state index contributed by atoms with van der Waals surface area (Å²) in [5.74, 6) is -0.0562. The molecule has 1 saturated carbocycles. The highest BCUT2D eigenvalue weighted by Gasteiger charge is 2.23. The number of nitrogen functional groups attached to an aromatic ring is 1. The van der Waals surface area contributed by atoms with Gasteiger partial charge in [0.25, 0.3) is 0 Å². The lowest BCUT2D eigenvalue weighted by molar-refractivity contribution is 0.0697. The van der Waals surface area contributed by atoms with E-state index in [1.807, 2.05) is 36.4 Å². The molecule has 2 aromatic heterocycles. The summed E-state index contributed by atoms with van der Waals surface area (Å²) in [7, 11) is 0. The third-order valence-electron chi connectivity index (χ3n) is 7.12. The van der Waals surface area contributed by atoms with Gasteiger partial charge < -0.3 is 15.4 Å². The molecule has 6 rings (SSSR count). The minimum atomic E-state index is -0.939. The van der Waals surface area contributed by atoms with Crippen LogP contribution in [0.15, 0.2) is 71.2 Å². The molecule has 0 bridgehead atoms.